The molecule has 1 saturated heterocycles. The first-order chi connectivity index (χ1) is 14.8. The van der Waals surface area contributed by atoms with Crippen molar-refractivity contribution < 1.29 is 18.4 Å². The van der Waals surface area contributed by atoms with E-state index in [1.165, 1.54) is 0 Å². The first-order valence-electron chi connectivity index (χ1n) is 12.0. The van der Waals surface area contributed by atoms with Gasteiger partial charge in [-0.25, -0.2) is 4.39 Å². The number of hydrogen-bond acceptors (Lipinski definition) is 3. The fourth-order valence-electron chi connectivity index (χ4n) is 8.35. The molecule has 1 aromatic heterocycles. The van der Waals surface area contributed by atoms with E-state index in [1.54, 1.807) is 18.2 Å². The first kappa shape index (κ1) is 21.0. The van der Waals surface area contributed by atoms with E-state index >= 15 is 0 Å². The number of halogens is 1. The molecule has 0 unspecified atom stereocenters. The number of furan rings is 1. The van der Waals surface area contributed by atoms with Gasteiger partial charge in [0, 0.05) is 19.0 Å². The monoisotopic (exact) mass is 430 g/mol. The van der Waals surface area contributed by atoms with Gasteiger partial charge in [0.25, 0.3) is 5.91 Å². The third kappa shape index (κ3) is 3.07. The van der Waals surface area contributed by atoms with Crippen molar-refractivity contribution in [2.75, 3.05) is 7.05 Å². The number of piperidine rings is 1. The Kier molecular flexibility index (Phi) is 4.98. The molecule has 1 N–H and O–H groups in total. The summed E-state index contributed by atoms with van der Waals surface area (Å²) in [6.07, 6.45) is 6.69. The zero-order valence-corrected chi connectivity index (χ0v) is 18.9. The lowest BCUT2D eigenvalue weighted by atomic mass is 9.46. The maximum atomic E-state index is 14.7. The number of carbonyl (C=O) groups excluding carboxylic acids is 2. The quantitative estimate of drug-likeness (QED) is 0.777. The normalized spacial score (nSPS) is 44.4. The molecular formula is C25H35FN2O3. The van der Waals surface area contributed by atoms with E-state index in [1.807, 2.05) is 12.1 Å². The first-order valence-corrected chi connectivity index (χ1v) is 12.0. The number of alkyl halides is 1. The molecule has 170 valence electrons. The molecule has 8 atom stereocenters. The van der Waals surface area contributed by atoms with Crippen LogP contribution in [-0.2, 0) is 16.1 Å². The highest BCUT2D eigenvalue weighted by atomic mass is 19.1. The molecule has 0 spiro atoms. The molecule has 3 aliphatic carbocycles. The smallest absolute Gasteiger partial charge is 0.257 e. The summed E-state index contributed by atoms with van der Waals surface area (Å²) in [5.74, 6) is 2.08. The molecule has 4 aliphatic rings. The Bertz CT molecular complexity index is 857. The van der Waals surface area contributed by atoms with E-state index < -0.39 is 6.17 Å². The van der Waals surface area contributed by atoms with Gasteiger partial charge >= 0.3 is 0 Å². The van der Waals surface area contributed by atoms with Gasteiger partial charge in [0.1, 0.15) is 5.76 Å². The van der Waals surface area contributed by atoms with Crippen LogP contribution in [0.15, 0.2) is 22.8 Å². The van der Waals surface area contributed by atoms with Gasteiger partial charge in [0.15, 0.2) is 6.17 Å². The van der Waals surface area contributed by atoms with Crippen LogP contribution in [0, 0.1) is 34.5 Å². The maximum absolute atomic E-state index is 14.7. The lowest BCUT2D eigenvalue weighted by molar-refractivity contribution is -0.169. The van der Waals surface area contributed by atoms with Crippen molar-refractivity contribution in [3.63, 3.8) is 0 Å². The number of likely N-dealkylation sites (tertiary alicyclic amines) is 1. The van der Waals surface area contributed by atoms with Crippen LogP contribution in [0.3, 0.4) is 0 Å². The second kappa shape index (κ2) is 7.35. The standard InChI is InChI=1S/C25H35FN2O3/c1-24-11-10-18-16(6-9-21-25(18,2)13-20(26)23(30)28(21)3)17(24)7-8-19(24)22(29)27-14-15-5-4-12-31-15/h4-5,12,16-21H,6-11,13-14H2,1-3H3,(H,27,29)/t16-,17-,18-,19+,20+,21+,24-,25+/m0/s1. The third-order valence-electron chi connectivity index (χ3n) is 9.85. The number of nitrogens with one attached hydrogen (secondary N) is 1. The SMILES string of the molecule is CN1C(=O)[C@H](F)C[C@]2(C)[C@H]3CC[C@]4(C)[C@@H](C(=O)NCc5ccco5)CC[C@H]4[C@@H]3CC[C@@H]12. The highest BCUT2D eigenvalue weighted by Gasteiger charge is 2.63. The van der Waals surface area contributed by atoms with E-state index in [-0.39, 0.29) is 34.6 Å². The Morgan fingerprint density at radius 1 is 1.19 bits per heavy atom. The maximum Gasteiger partial charge on any atom is 0.257 e. The third-order valence-corrected chi connectivity index (χ3v) is 9.85. The minimum absolute atomic E-state index is 0.00309. The van der Waals surface area contributed by atoms with E-state index in [2.05, 4.69) is 19.2 Å². The van der Waals surface area contributed by atoms with Crippen molar-refractivity contribution in [2.45, 2.75) is 77.6 Å². The number of amides is 2. The second-order valence-corrected chi connectivity index (χ2v) is 11.1. The van der Waals surface area contributed by atoms with E-state index in [0.717, 1.165) is 44.3 Å². The van der Waals surface area contributed by atoms with E-state index in [9.17, 15) is 14.0 Å². The number of nitrogens with zero attached hydrogens (tertiary/aromatic N) is 1. The van der Waals surface area contributed by atoms with Gasteiger partial charge in [-0.1, -0.05) is 13.8 Å². The topological polar surface area (TPSA) is 62.6 Å². The fraction of sp³-hybridized carbons (Fsp3) is 0.760. The molecule has 5 nitrogen and oxygen atoms in total. The summed E-state index contributed by atoms with van der Waals surface area (Å²) in [4.78, 5) is 27.1. The van der Waals surface area contributed by atoms with Gasteiger partial charge in [-0.2, -0.15) is 0 Å². The Morgan fingerprint density at radius 2 is 1.97 bits per heavy atom. The Balaban J connectivity index is 1.34. The van der Waals surface area contributed by atoms with Crippen LogP contribution in [0.1, 0.15) is 64.6 Å². The number of hydrogen-bond donors (Lipinski definition) is 1. The second-order valence-electron chi connectivity index (χ2n) is 11.1. The molecule has 31 heavy (non-hydrogen) atoms. The van der Waals surface area contributed by atoms with Crippen LogP contribution in [0.5, 0.6) is 0 Å². The Morgan fingerprint density at radius 3 is 2.71 bits per heavy atom. The lowest BCUT2D eigenvalue weighted by Crippen LogP contribution is -2.64. The van der Waals surface area contributed by atoms with Gasteiger partial charge in [0.05, 0.1) is 12.8 Å². The van der Waals surface area contributed by atoms with Crippen LogP contribution in [0.4, 0.5) is 4.39 Å². The van der Waals surface area contributed by atoms with E-state index in [0.29, 0.717) is 30.7 Å². The van der Waals surface area contributed by atoms with Gasteiger partial charge in [-0.15, -0.1) is 0 Å². The summed E-state index contributed by atoms with van der Waals surface area (Å²) in [7, 11) is 1.79. The molecule has 0 aromatic carbocycles. The number of fused-ring (bicyclic) bond motifs is 5. The average Bonchev–Trinajstić information content (AvgIpc) is 3.37. The minimum Gasteiger partial charge on any atom is -0.467 e. The summed E-state index contributed by atoms with van der Waals surface area (Å²) in [6, 6.07) is 3.87. The molecule has 1 aliphatic heterocycles. The molecule has 1 aromatic rings. The predicted octanol–water partition coefficient (Wildman–Crippen LogP) is 4.32. The van der Waals surface area contributed by atoms with Gasteiger partial charge in [-0.05, 0) is 85.7 Å². The van der Waals surface area contributed by atoms with E-state index in [4.69, 9.17) is 4.42 Å². The van der Waals surface area contributed by atoms with Crippen LogP contribution in [0.2, 0.25) is 0 Å². The highest BCUT2D eigenvalue weighted by Crippen LogP contribution is 2.66. The molecule has 2 amide bonds. The fourth-order valence-corrected chi connectivity index (χ4v) is 8.35. The minimum atomic E-state index is -1.37. The largest absolute Gasteiger partial charge is 0.467 e. The van der Waals surface area contributed by atoms with Gasteiger partial charge in [0.2, 0.25) is 5.91 Å². The zero-order chi connectivity index (χ0) is 22.0. The number of carbonyl (C=O) groups is 2. The molecule has 0 bridgehead atoms. The average molecular weight is 431 g/mol. The van der Waals surface area contributed by atoms with Gasteiger partial charge in [-0.3, -0.25) is 9.59 Å². The van der Waals surface area contributed by atoms with Crippen LogP contribution in [0.25, 0.3) is 0 Å². The summed E-state index contributed by atoms with van der Waals surface area (Å²) >= 11 is 0. The highest BCUT2D eigenvalue weighted by molar-refractivity contribution is 5.82. The van der Waals surface area contributed by atoms with Gasteiger partial charge < -0.3 is 14.6 Å². The summed E-state index contributed by atoms with van der Waals surface area (Å²) in [5.41, 5.74) is -0.158. The summed E-state index contributed by atoms with van der Waals surface area (Å²) < 4.78 is 20.0. The molecule has 0 radical (unpaired) electrons. The summed E-state index contributed by atoms with van der Waals surface area (Å²) in [5, 5.41) is 3.10. The summed E-state index contributed by atoms with van der Waals surface area (Å²) in [6.45, 7) is 4.99. The Labute approximate surface area is 184 Å². The van der Waals surface area contributed by atoms with Crippen LogP contribution in [-0.4, -0.2) is 36.0 Å². The molecule has 3 saturated carbocycles. The van der Waals surface area contributed by atoms with Crippen LogP contribution < -0.4 is 5.32 Å². The van der Waals surface area contributed by atoms with Crippen molar-refractivity contribution in [3.05, 3.63) is 24.2 Å². The van der Waals surface area contributed by atoms with Crippen LogP contribution >= 0.6 is 0 Å². The zero-order valence-electron chi connectivity index (χ0n) is 18.9. The molecular weight excluding hydrogens is 395 g/mol. The van der Waals surface area contributed by atoms with Crippen molar-refractivity contribution >= 4 is 11.8 Å². The molecule has 2 heterocycles. The van der Waals surface area contributed by atoms with Crippen molar-refractivity contribution in [1.29, 1.82) is 0 Å². The number of rotatable bonds is 3. The molecule has 5 rings (SSSR count). The Hall–Kier alpha value is -1.85. The molecule has 4 fully saturated rings. The molecule has 6 heteroatoms. The van der Waals surface area contributed by atoms with Crippen molar-refractivity contribution in [2.24, 2.45) is 34.5 Å². The van der Waals surface area contributed by atoms with Crippen molar-refractivity contribution in [3.8, 4) is 0 Å². The predicted molar refractivity (Wildman–Crippen MR) is 115 cm³/mol. The van der Waals surface area contributed by atoms with Crippen molar-refractivity contribution in [1.82, 2.24) is 10.2 Å². The lowest BCUT2D eigenvalue weighted by Gasteiger charge is -2.62.